The van der Waals surface area contributed by atoms with E-state index in [2.05, 4.69) is 11.8 Å². The Balaban J connectivity index is 1.30. The summed E-state index contributed by atoms with van der Waals surface area (Å²) in [7, 11) is 0. The zero-order valence-electron chi connectivity index (χ0n) is 16.1. The van der Waals surface area contributed by atoms with Gasteiger partial charge in [-0.3, -0.25) is 0 Å². The molecule has 1 saturated heterocycles. The first-order valence-electron chi connectivity index (χ1n) is 9.92. The van der Waals surface area contributed by atoms with Gasteiger partial charge in [-0.05, 0) is 66.8 Å². The van der Waals surface area contributed by atoms with E-state index in [1.165, 1.54) is 5.56 Å². The Labute approximate surface area is 160 Å². The number of hydrogen-bond acceptors (Lipinski definition) is 3. The predicted octanol–water partition coefficient (Wildman–Crippen LogP) is 4.73. The van der Waals surface area contributed by atoms with Crippen LogP contribution in [0.4, 0.5) is 4.39 Å². The molecule has 1 aliphatic carbocycles. The fraction of sp³-hybridized carbons (Fsp3) is 0.478. The Morgan fingerprint density at radius 3 is 2.44 bits per heavy atom. The summed E-state index contributed by atoms with van der Waals surface area (Å²) >= 11 is 0. The highest BCUT2D eigenvalue weighted by molar-refractivity contribution is 5.30. The van der Waals surface area contributed by atoms with Crippen LogP contribution < -0.4 is 4.74 Å². The molecule has 0 amide bonds. The first-order valence-corrected chi connectivity index (χ1v) is 9.92. The van der Waals surface area contributed by atoms with Crippen LogP contribution in [0, 0.1) is 24.6 Å². The summed E-state index contributed by atoms with van der Waals surface area (Å²) in [5.74, 6) is 2.23. The Kier molecular flexibility index (Phi) is 5.09. The Morgan fingerprint density at radius 1 is 1.11 bits per heavy atom. The summed E-state index contributed by atoms with van der Waals surface area (Å²) in [6, 6.07) is 12.9. The highest BCUT2D eigenvalue weighted by Crippen LogP contribution is 2.40. The number of hydrogen-bond donors (Lipinski definition) is 1. The molecule has 2 unspecified atom stereocenters. The molecule has 0 radical (unpaired) electrons. The molecular weight excluding hydrogens is 341 g/mol. The van der Waals surface area contributed by atoms with E-state index in [0.717, 1.165) is 32.5 Å². The lowest BCUT2D eigenvalue weighted by molar-refractivity contribution is 0.177. The maximum absolute atomic E-state index is 14.2. The molecule has 1 heterocycles. The predicted molar refractivity (Wildman–Crippen MR) is 105 cm³/mol. The van der Waals surface area contributed by atoms with Gasteiger partial charge in [-0.15, -0.1) is 0 Å². The summed E-state index contributed by atoms with van der Waals surface area (Å²) in [6.07, 6.45) is 2.16. The van der Waals surface area contributed by atoms with Gasteiger partial charge in [0, 0.05) is 19.6 Å². The maximum Gasteiger partial charge on any atom is 0.167 e. The van der Waals surface area contributed by atoms with E-state index in [1.807, 2.05) is 18.2 Å². The summed E-state index contributed by atoms with van der Waals surface area (Å²) in [6.45, 7) is 7.26. The molecule has 144 valence electrons. The van der Waals surface area contributed by atoms with Crippen LogP contribution in [0.15, 0.2) is 42.5 Å². The van der Waals surface area contributed by atoms with Gasteiger partial charge in [-0.25, -0.2) is 4.39 Å². The van der Waals surface area contributed by atoms with E-state index in [-0.39, 0.29) is 11.9 Å². The minimum atomic E-state index is -0.223. The van der Waals surface area contributed by atoms with Crippen LogP contribution in [0.5, 0.6) is 11.5 Å². The smallest absolute Gasteiger partial charge is 0.167 e. The number of fused-ring (bicyclic) bond motifs is 1. The Hall–Kier alpha value is -2.07. The molecule has 4 atom stereocenters. The molecule has 4 rings (SSSR count). The van der Waals surface area contributed by atoms with E-state index < -0.39 is 0 Å². The zero-order valence-corrected chi connectivity index (χ0v) is 16.1. The fourth-order valence-electron chi connectivity index (χ4n) is 4.77. The SMILES string of the molecule is Cc1cccc(OC2C[C@@H]3CN(CC(C)c4ccc(O)cc4)C[C@@H]3C2)c1F. The zero-order chi connectivity index (χ0) is 19.0. The van der Waals surface area contributed by atoms with Crippen LogP contribution in [0.3, 0.4) is 0 Å². The van der Waals surface area contributed by atoms with Gasteiger partial charge in [-0.2, -0.15) is 0 Å². The number of rotatable bonds is 5. The molecule has 1 aliphatic heterocycles. The van der Waals surface area contributed by atoms with Gasteiger partial charge in [0.05, 0.1) is 6.10 Å². The number of halogens is 1. The van der Waals surface area contributed by atoms with E-state index in [0.29, 0.717) is 34.8 Å². The molecule has 3 nitrogen and oxygen atoms in total. The normalized spacial score (nSPS) is 26.1. The van der Waals surface area contributed by atoms with Gasteiger partial charge < -0.3 is 14.7 Å². The lowest BCUT2D eigenvalue weighted by Gasteiger charge is -2.23. The number of likely N-dealkylation sites (tertiary alicyclic amines) is 1. The Morgan fingerprint density at radius 2 is 1.78 bits per heavy atom. The lowest BCUT2D eigenvalue weighted by Crippen LogP contribution is -2.28. The van der Waals surface area contributed by atoms with Crippen molar-refractivity contribution in [2.45, 2.75) is 38.7 Å². The van der Waals surface area contributed by atoms with Gasteiger partial charge in [0.2, 0.25) is 0 Å². The van der Waals surface area contributed by atoms with Crippen LogP contribution in [0.1, 0.15) is 36.8 Å². The molecular formula is C23H28FNO2. The van der Waals surface area contributed by atoms with E-state index >= 15 is 0 Å². The molecule has 0 spiro atoms. The van der Waals surface area contributed by atoms with Crippen molar-refractivity contribution in [3.63, 3.8) is 0 Å². The molecule has 2 aromatic rings. The molecule has 4 heteroatoms. The summed E-state index contributed by atoms with van der Waals surface area (Å²) in [5.41, 5.74) is 1.90. The summed E-state index contributed by atoms with van der Waals surface area (Å²) in [5, 5.41) is 9.45. The van der Waals surface area contributed by atoms with Crippen molar-refractivity contribution in [3.8, 4) is 11.5 Å². The number of aromatic hydroxyl groups is 1. The van der Waals surface area contributed by atoms with Crippen LogP contribution >= 0.6 is 0 Å². The topological polar surface area (TPSA) is 32.7 Å². The molecule has 1 saturated carbocycles. The molecule has 2 aromatic carbocycles. The summed E-state index contributed by atoms with van der Waals surface area (Å²) < 4.78 is 20.2. The number of ether oxygens (including phenoxy) is 1. The highest BCUT2D eigenvalue weighted by atomic mass is 19.1. The highest BCUT2D eigenvalue weighted by Gasteiger charge is 2.42. The van der Waals surface area contributed by atoms with Crippen molar-refractivity contribution in [2.75, 3.05) is 19.6 Å². The number of aryl methyl sites for hydroxylation is 1. The van der Waals surface area contributed by atoms with Gasteiger partial charge >= 0.3 is 0 Å². The molecule has 0 aromatic heterocycles. The fourth-order valence-corrected chi connectivity index (χ4v) is 4.77. The van der Waals surface area contributed by atoms with E-state index in [4.69, 9.17) is 4.74 Å². The van der Waals surface area contributed by atoms with Gasteiger partial charge in [0.1, 0.15) is 5.75 Å². The van der Waals surface area contributed by atoms with Crippen molar-refractivity contribution in [2.24, 2.45) is 11.8 Å². The number of phenolic OH excluding ortho intramolecular Hbond substituents is 1. The quantitative estimate of drug-likeness (QED) is 0.827. The van der Waals surface area contributed by atoms with Crippen LogP contribution in [-0.4, -0.2) is 35.7 Å². The van der Waals surface area contributed by atoms with Crippen LogP contribution in [0.25, 0.3) is 0 Å². The summed E-state index contributed by atoms with van der Waals surface area (Å²) in [4.78, 5) is 2.55. The standard InChI is InChI=1S/C23H28FNO2/c1-15-4-3-5-22(23(15)24)27-21-10-18-13-25(14-19(18)11-21)12-16(2)17-6-8-20(26)9-7-17/h3-9,16,18-19,21,26H,10-14H2,1-2H3/t16?,18-,19+,21?. The minimum absolute atomic E-state index is 0.132. The second kappa shape index (κ2) is 7.51. The second-order valence-corrected chi connectivity index (χ2v) is 8.33. The van der Waals surface area contributed by atoms with Crippen molar-refractivity contribution in [3.05, 3.63) is 59.4 Å². The van der Waals surface area contributed by atoms with E-state index in [9.17, 15) is 9.50 Å². The van der Waals surface area contributed by atoms with Crippen molar-refractivity contribution in [1.29, 1.82) is 0 Å². The molecule has 0 bridgehead atoms. The van der Waals surface area contributed by atoms with Gasteiger partial charge in [-0.1, -0.05) is 31.2 Å². The molecule has 2 fully saturated rings. The van der Waals surface area contributed by atoms with Crippen molar-refractivity contribution >= 4 is 0 Å². The Bertz CT molecular complexity index is 777. The molecule has 27 heavy (non-hydrogen) atoms. The van der Waals surface area contributed by atoms with E-state index in [1.54, 1.807) is 31.2 Å². The van der Waals surface area contributed by atoms with Crippen molar-refractivity contribution in [1.82, 2.24) is 4.90 Å². The number of nitrogens with zero attached hydrogens (tertiary/aromatic N) is 1. The van der Waals surface area contributed by atoms with Crippen LogP contribution in [0.2, 0.25) is 0 Å². The van der Waals surface area contributed by atoms with Gasteiger partial charge in [0.25, 0.3) is 0 Å². The third kappa shape index (κ3) is 3.96. The van der Waals surface area contributed by atoms with Crippen molar-refractivity contribution < 1.29 is 14.2 Å². The lowest BCUT2D eigenvalue weighted by atomic mass is 10.0. The number of phenols is 1. The molecule has 1 N–H and O–H groups in total. The van der Waals surface area contributed by atoms with Crippen LogP contribution in [-0.2, 0) is 0 Å². The average molecular weight is 369 g/mol. The molecule has 2 aliphatic rings. The first-order chi connectivity index (χ1) is 13.0. The monoisotopic (exact) mass is 369 g/mol. The van der Waals surface area contributed by atoms with Gasteiger partial charge in [0.15, 0.2) is 11.6 Å². The largest absolute Gasteiger partial charge is 0.508 e. The first kappa shape index (κ1) is 18.3. The second-order valence-electron chi connectivity index (χ2n) is 8.33. The maximum atomic E-state index is 14.2. The minimum Gasteiger partial charge on any atom is -0.508 e. The third-order valence-corrected chi connectivity index (χ3v) is 6.23. The third-order valence-electron chi connectivity index (χ3n) is 6.23. The average Bonchev–Trinajstić information content (AvgIpc) is 3.17. The number of benzene rings is 2.